The van der Waals surface area contributed by atoms with Gasteiger partial charge in [0.05, 0.1) is 12.5 Å². The Labute approximate surface area is 181 Å². The molecule has 0 spiro atoms. The summed E-state index contributed by atoms with van der Waals surface area (Å²) in [5.41, 5.74) is 2.89. The quantitative estimate of drug-likeness (QED) is 0.634. The van der Waals surface area contributed by atoms with Gasteiger partial charge in [-0.05, 0) is 37.0 Å². The van der Waals surface area contributed by atoms with E-state index in [-0.39, 0.29) is 17.9 Å². The van der Waals surface area contributed by atoms with Crippen molar-refractivity contribution in [3.63, 3.8) is 0 Å². The monoisotopic (exact) mass is 415 g/mol. The van der Waals surface area contributed by atoms with E-state index in [0.29, 0.717) is 12.6 Å². The molecule has 2 aromatic carbocycles. The van der Waals surface area contributed by atoms with E-state index in [9.17, 15) is 4.79 Å². The number of fused-ring (bicyclic) bond motifs is 2. The molecule has 0 saturated carbocycles. The average Bonchev–Trinajstić information content (AvgIpc) is 2.83. The molecule has 1 saturated heterocycles. The second kappa shape index (κ2) is 8.38. The largest absolute Gasteiger partial charge is 0.458 e. The molecular weight excluding hydrogens is 390 g/mol. The summed E-state index contributed by atoms with van der Waals surface area (Å²) in [5.74, 6) is 1.20. The van der Waals surface area contributed by atoms with E-state index in [1.54, 1.807) is 12.4 Å². The third kappa shape index (κ3) is 3.85. The van der Waals surface area contributed by atoms with E-state index in [4.69, 9.17) is 9.47 Å². The number of ether oxygens (including phenoxy) is 2. The smallest absolute Gasteiger partial charge is 0.316 e. The number of benzene rings is 2. The number of aryl methyl sites for hydroxylation is 1. The predicted molar refractivity (Wildman–Crippen MR) is 116 cm³/mol. The summed E-state index contributed by atoms with van der Waals surface area (Å²) in [6.07, 6.45) is 6.13. The number of aromatic nitrogens is 2. The number of amides is 1. The molecule has 31 heavy (non-hydrogen) atoms. The van der Waals surface area contributed by atoms with E-state index < -0.39 is 0 Å². The van der Waals surface area contributed by atoms with Crippen molar-refractivity contribution in [3.05, 3.63) is 77.6 Å². The van der Waals surface area contributed by atoms with E-state index in [2.05, 4.69) is 16.9 Å². The lowest BCUT2D eigenvalue weighted by atomic mass is 9.86. The molecule has 3 aromatic rings. The third-order valence-corrected chi connectivity index (χ3v) is 5.98. The number of rotatable bonds is 4. The summed E-state index contributed by atoms with van der Waals surface area (Å²) in [4.78, 5) is 24.3. The zero-order chi connectivity index (χ0) is 21.2. The summed E-state index contributed by atoms with van der Waals surface area (Å²) in [6.45, 7) is 3.31. The van der Waals surface area contributed by atoms with Gasteiger partial charge in [0.15, 0.2) is 0 Å². The van der Waals surface area contributed by atoms with Crippen molar-refractivity contribution < 1.29 is 14.3 Å². The highest BCUT2D eigenvalue weighted by Crippen LogP contribution is 2.44. The molecule has 3 heterocycles. The van der Waals surface area contributed by atoms with Crippen LogP contribution >= 0.6 is 0 Å². The number of hydrogen-bond acceptors (Lipinski definition) is 5. The van der Waals surface area contributed by atoms with Crippen LogP contribution in [-0.4, -0.2) is 40.0 Å². The van der Waals surface area contributed by atoms with Crippen LogP contribution < -0.4 is 9.47 Å². The van der Waals surface area contributed by atoms with Crippen molar-refractivity contribution in [2.75, 3.05) is 13.1 Å². The van der Waals surface area contributed by atoms with Crippen LogP contribution in [0.2, 0.25) is 0 Å². The lowest BCUT2D eigenvalue weighted by molar-refractivity contribution is -0.134. The van der Waals surface area contributed by atoms with E-state index in [1.807, 2.05) is 53.4 Å². The number of nitrogens with zero attached hydrogens (tertiary/aromatic N) is 3. The molecule has 0 N–H and O–H groups in total. The highest BCUT2D eigenvalue weighted by Gasteiger charge is 2.37. The van der Waals surface area contributed by atoms with E-state index in [1.165, 1.54) is 0 Å². The minimum atomic E-state index is -0.375. The molecule has 158 valence electrons. The molecule has 2 aliphatic rings. The highest BCUT2D eigenvalue weighted by molar-refractivity contribution is 5.89. The second-order valence-electron chi connectivity index (χ2n) is 8.00. The van der Waals surface area contributed by atoms with Crippen molar-refractivity contribution >= 4 is 5.91 Å². The highest BCUT2D eigenvalue weighted by atomic mass is 16.5. The maximum absolute atomic E-state index is 13.7. The summed E-state index contributed by atoms with van der Waals surface area (Å²) >= 11 is 0. The number of carbonyl (C=O) groups excluding carboxylic acids is 1. The Morgan fingerprint density at radius 3 is 2.35 bits per heavy atom. The maximum Gasteiger partial charge on any atom is 0.316 e. The first kappa shape index (κ1) is 19.5. The normalized spacial score (nSPS) is 18.0. The van der Waals surface area contributed by atoms with Crippen LogP contribution in [0.3, 0.4) is 0 Å². The van der Waals surface area contributed by atoms with Gasteiger partial charge in [-0.15, -0.1) is 0 Å². The zero-order valence-corrected chi connectivity index (χ0v) is 17.5. The number of piperidine rings is 1. The van der Waals surface area contributed by atoms with Gasteiger partial charge in [0.1, 0.15) is 17.6 Å². The molecule has 6 heteroatoms. The van der Waals surface area contributed by atoms with Crippen LogP contribution in [0, 0.1) is 0 Å². The lowest BCUT2D eigenvalue weighted by Crippen LogP contribution is -2.46. The van der Waals surface area contributed by atoms with Gasteiger partial charge < -0.3 is 14.4 Å². The fourth-order valence-corrected chi connectivity index (χ4v) is 4.33. The van der Waals surface area contributed by atoms with Crippen LogP contribution in [-0.2, 0) is 11.2 Å². The molecular formula is C25H25N3O3. The molecule has 1 fully saturated rings. The summed E-state index contributed by atoms with van der Waals surface area (Å²) in [6, 6.07) is 16.0. The van der Waals surface area contributed by atoms with Crippen molar-refractivity contribution in [1.29, 1.82) is 0 Å². The Morgan fingerprint density at radius 1 is 1.06 bits per heavy atom. The Hall–Kier alpha value is -3.41. The Morgan fingerprint density at radius 2 is 1.71 bits per heavy atom. The summed E-state index contributed by atoms with van der Waals surface area (Å²) in [7, 11) is 0. The molecule has 0 bridgehead atoms. The number of para-hydroxylation sites is 2. The van der Waals surface area contributed by atoms with Crippen LogP contribution in [0.5, 0.6) is 17.5 Å². The van der Waals surface area contributed by atoms with E-state index in [0.717, 1.165) is 54.0 Å². The number of likely N-dealkylation sites (tertiary alicyclic amines) is 1. The van der Waals surface area contributed by atoms with Crippen molar-refractivity contribution in [1.82, 2.24) is 14.9 Å². The fraction of sp³-hybridized carbons (Fsp3) is 0.320. The van der Waals surface area contributed by atoms with Crippen molar-refractivity contribution in [3.8, 4) is 17.5 Å². The molecule has 0 aliphatic carbocycles. The van der Waals surface area contributed by atoms with Gasteiger partial charge in [-0.1, -0.05) is 43.3 Å². The van der Waals surface area contributed by atoms with Crippen LogP contribution in [0.15, 0.2) is 60.9 Å². The second-order valence-corrected chi connectivity index (χ2v) is 8.00. The Bertz CT molecular complexity index is 1040. The summed E-state index contributed by atoms with van der Waals surface area (Å²) < 4.78 is 12.1. The molecule has 6 nitrogen and oxygen atoms in total. The first-order valence-electron chi connectivity index (χ1n) is 10.8. The molecule has 2 aliphatic heterocycles. The van der Waals surface area contributed by atoms with Crippen LogP contribution in [0.1, 0.15) is 42.4 Å². The maximum atomic E-state index is 13.7. The molecule has 1 aromatic heterocycles. The Kier molecular flexibility index (Phi) is 5.28. The molecule has 0 radical (unpaired) electrons. The SMILES string of the molecule is CCc1cnc(OC2CCCN(C(=O)C3c4ccccc4Oc4ccccc43)C2)nc1. The molecule has 5 rings (SSSR count). The minimum absolute atomic E-state index is 0.0822. The molecule has 1 unspecified atom stereocenters. The first-order chi connectivity index (χ1) is 15.2. The fourth-order valence-electron chi connectivity index (χ4n) is 4.33. The standard InChI is InChI=1S/C25H25N3O3/c1-2-17-14-26-25(27-15-17)30-18-8-7-13-28(16-18)24(29)23-19-9-3-5-11-21(19)31-22-12-6-4-10-20(22)23/h3-6,9-12,14-15,18,23H,2,7-8,13,16H2,1H3. The zero-order valence-electron chi connectivity index (χ0n) is 17.5. The third-order valence-electron chi connectivity index (χ3n) is 5.98. The van der Waals surface area contributed by atoms with Crippen LogP contribution in [0.4, 0.5) is 0 Å². The predicted octanol–water partition coefficient (Wildman–Crippen LogP) is 4.35. The summed E-state index contributed by atoms with van der Waals surface area (Å²) in [5, 5.41) is 0. The van der Waals surface area contributed by atoms with E-state index >= 15 is 0 Å². The van der Waals surface area contributed by atoms with Gasteiger partial charge in [0, 0.05) is 30.1 Å². The Balaban J connectivity index is 1.37. The van der Waals surface area contributed by atoms with Gasteiger partial charge in [0.2, 0.25) is 5.91 Å². The first-order valence-corrected chi connectivity index (χ1v) is 10.8. The van der Waals surface area contributed by atoms with Crippen LogP contribution in [0.25, 0.3) is 0 Å². The van der Waals surface area contributed by atoms with Gasteiger partial charge in [-0.2, -0.15) is 0 Å². The van der Waals surface area contributed by atoms with Crippen molar-refractivity contribution in [2.45, 2.75) is 38.2 Å². The number of hydrogen-bond donors (Lipinski definition) is 0. The van der Waals surface area contributed by atoms with Gasteiger partial charge >= 0.3 is 6.01 Å². The van der Waals surface area contributed by atoms with Gasteiger partial charge in [-0.25, -0.2) is 9.97 Å². The molecule has 1 atom stereocenters. The lowest BCUT2D eigenvalue weighted by Gasteiger charge is -2.36. The topological polar surface area (TPSA) is 64.5 Å². The minimum Gasteiger partial charge on any atom is -0.458 e. The number of carbonyl (C=O) groups is 1. The van der Waals surface area contributed by atoms with Gasteiger partial charge in [-0.3, -0.25) is 4.79 Å². The molecule has 1 amide bonds. The average molecular weight is 415 g/mol. The van der Waals surface area contributed by atoms with Gasteiger partial charge in [0.25, 0.3) is 0 Å². The van der Waals surface area contributed by atoms with Crippen molar-refractivity contribution in [2.24, 2.45) is 0 Å².